The number of piperidine rings is 1. The Labute approximate surface area is 113 Å². The summed E-state index contributed by atoms with van der Waals surface area (Å²) in [6, 6.07) is 11.4. The van der Waals surface area contributed by atoms with Crippen molar-refractivity contribution in [2.75, 3.05) is 25.5 Å². The van der Waals surface area contributed by atoms with E-state index in [0.717, 1.165) is 24.3 Å². The molecule has 3 heteroatoms. The number of rotatable bonds is 4. The molecule has 1 aliphatic heterocycles. The molecule has 17 heavy (non-hydrogen) atoms. The summed E-state index contributed by atoms with van der Waals surface area (Å²) < 4.78 is 0. The van der Waals surface area contributed by atoms with Crippen LogP contribution in [0.15, 0.2) is 30.3 Å². The molecule has 2 unspecified atom stereocenters. The highest BCUT2D eigenvalue weighted by Crippen LogP contribution is 2.21. The fourth-order valence-electron chi connectivity index (χ4n) is 2.57. The average molecular weight is 297 g/mol. The van der Waals surface area contributed by atoms with Gasteiger partial charge in [0.25, 0.3) is 0 Å². The van der Waals surface area contributed by atoms with Gasteiger partial charge in [-0.2, -0.15) is 0 Å². The second-order valence-corrected chi connectivity index (χ2v) is 5.47. The molecule has 2 rings (SSSR count). The van der Waals surface area contributed by atoms with E-state index < -0.39 is 0 Å². The minimum atomic E-state index is 0.617. The molecule has 1 saturated heterocycles. The van der Waals surface area contributed by atoms with Crippen LogP contribution in [0, 0.1) is 5.92 Å². The molecule has 2 atom stereocenters. The Balaban J connectivity index is 1.91. The van der Waals surface area contributed by atoms with E-state index in [0.29, 0.717) is 6.04 Å². The van der Waals surface area contributed by atoms with E-state index in [1.165, 1.54) is 18.5 Å². The van der Waals surface area contributed by atoms with Crippen molar-refractivity contribution in [3.63, 3.8) is 0 Å². The third-order valence-electron chi connectivity index (χ3n) is 3.66. The topological polar surface area (TPSA) is 15.3 Å². The van der Waals surface area contributed by atoms with E-state index in [1.54, 1.807) is 0 Å². The average Bonchev–Trinajstić information content (AvgIpc) is 2.40. The first kappa shape index (κ1) is 13.1. The van der Waals surface area contributed by atoms with Crippen molar-refractivity contribution in [2.24, 2.45) is 5.92 Å². The maximum Gasteiger partial charge on any atom is 0.0234 e. The standard InChI is InChI=1S/C14H21BrN2/c1-16-14-11-17(8-7-13(14)9-15)10-12-5-3-2-4-6-12/h2-6,13-14,16H,7-11H2,1H3. The van der Waals surface area contributed by atoms with E-state index in [-0.39, 0.29) is 0 Å². The molecule has 1 aromatic rings. The highest BCUT2D eigenvalue weighted by Gasteiger charge is 2.26. The lowest BCUT2D eigenvalue weighted by Gasteiger charge is -2.37. The lowest BCUT2D eigenvalue weighted by Crippen LogP contribution is -2.50. The molecule has 2 nitrogen and oxygen atoms in total. The Kier molecular flexibility index (Phi) is 5.01. The van der Waals surface area contributed by atoms with Crippen molar-refractivity contribution >= 4 is 15.9 Å². The summed E-state index contributed by atoms with van der Waals surface area (Å²) in [4.78, 5) is 2.55. The number of hydrogen-bond acceptors (Lipinski definition) is 2. The second-order valence-electron chi connectivity index (χ2n) is 4.82. The first-order valence-corrected chi connectivity index (χ1v) is 7.45. The maximum atomic E-state index is 3.62. The summed E-state index contributed by atoms with van der Waals surface area (Å²) in [5.41, 5.74) is 1.42. The van der Waals surface area contributed by atoms with E-state index in [4.69, 9.17) is 0 Å². The summed E-state index contributed by atoms with van der Waals surface area (Å²) in [5, 5.41) is 4.56. The van der Waals surface area contributed by atoms with Crippen molar-refractivity contribution in [1.29, 1.82) is 0 Å². The number of alkyl halides is 1. The fourth-order valence-corrected chi connectivity index (χ4v) is 3.34. The van der Waals surface area contributed by atoms with Gasteiger partial charge >= 0.3 is 0 Å². The van der Waals surface area contributed by atoms with E-state index in [1.807, 2.05) is 0 Å². The summed E-state index contributed by atoms with van der Waals surface area (Å²) in [5.74, 6) is 0.770. The molecule has 94 valence electrons. The lowest BCUT2D eigenvalue weighted by molar-refractivity contribution is 0.149. The molecule has 0 aliphatic carbocycles. The summed E-state index contributed by atoms with van der Waals surface area (Å²) in [6.45, 7) is 3.44. The van der Waals surface area contributed by atoms with E-state index in [9.17, 15) is 0 Å². The van der Waals surface area contributed by atoms with Gasteiger partial charge in [-0.15, -0.1) is 0 Å². The number of benzene rings is 1. The minimum absolute atomic E-state index is 0.617. The summed E-state index contributed by atoms with van der Waals surface area (Å²) in [7, 11) is 2.08. The lowest BCUT2D eigenvalue weighted by atomic mass is 9.93. The highest BCUT2D eigenvalue weighted by atomic mass is 79.9. The molecule has 0 aromatic heterocycles. The highest BCUT2D eigenvalue weighted by molar-refractivity contribution is 9.09. The van der Waals surface area contributed by atoms with Gasteiger partial charge in [-0.25, -0.2) is 0 Å². The molecule has 1 aliphatic rings. The van der Waals surface area contributed by atoms with Crippen LogP contribution in [0.25, 0.3) is 0 Å². The predicted octanol–water partition coefficient (Wildman–Crippen LogP) is 2.49. The molecule has 1 N–H and O–H groups in total. The van der Waals surface area contributed by atoms with Gasteiger partial charge in [0.05, 0.1) is 0 Å². The maximum absolute atomic E-state index is 3.62. The number of hydrogen-bond donors (Lipinski definition) is 1. The number of halogens is 1. The predicted molar refractivity (Wildman–Crippen MR) is 76.5 cm³/mol. The van der Waals surface area contributed by atoms with E-state index in [2.05, 4.69) is 63.5 Å². The molecule has 0 amide bonds. The van der Waals surface area contributed by atoms with Crippen molar-refractivity contribution in [1.82, 2.24) is 10.2 Å². The van der Waals surface area contributed by atoms with Crippen LogP contribution in [-0.4, -0.2) is 36.4 Å². The second kappa shape index (κ2) is 6.53. The molecule has 1 heterocycles. The molecule has 1 aromatic carbocycles. The van der Waals surface area contributed by atoms with Crippen LogP contribution in [0.3, 0.4) is 0 Å². The van der Waals surface area contributed by atoms with Crippen LogP contribution in [-0.2, 0) is 6.54 Å². The van der Waals surface area contributed by atoms with Crippen molar-refractivity contribution < 1.29 is 0 Å². The van der Waals surface area contributed by atoms with Crippen LogP contribution in [0.1, 0.15) is 12.0 Å². The molecule has 0 spiro atoms. The van der Waals surface area contributed by atoms with Gasteiger partial charge in [0, 0.05) is 24.5 Å². The zero-order valence-electron chi connectivity index (χ0n) is 10.4. The van der Waals surface area contributed by atoms with Crippen LogP contribution < -0.4 is 5.32 Å². The third kappa shape index (κ3) is 3.54. The van der Waals surface area contributed by atoms with Crippen molar-refractivity contribution in [3.8, 4) is 0 Å². The van der Waals surface area contributed by atoms with Crippen molar-refractivity contribution in [2.45, 2.75) is 19.0 Å². The van der Waals surface area contributed by atoms with Crippen molar-refractivity contribution in [3.05, 3.63) is 35.9 Å². The van der Waals surface area contributed by atoms with Gasteiger partial charge in [-0.1, -0.05) is 46.3 Å². The Morgan fingerprint density at radius 3 is 2.76 bits per heavy atom. The Morgan fingerprint density at radius 2 is 2.12 bits per heavy atom. The Hall–Kier alpha value is -0.380. The van der Waals surface area contributed by atoms with Gasteiger partial charge in [0.2, 0.25) is 0 Å². The van der Waals surface area contributed by atoms with Crippen LogP contribution >= 0.6 is 15.9 Å². The number of nitrogens with one attached hydrogen (secondary N) is 1. The first-order chi connectivity index (χ1) is 8.33. The zero-order chi connectivity index (χ0) is 12.1. The van der Waals surface area contributed by atoms with Gasteiger partial charge in [0.15, 0.2) is 0 Å². The number of likely N-dealkylation sites (N-methyl/N-ethyl adjacent to an activating group) is 1. The molecule has 0 radical (unpaired) electrons. The monoisotopic (exact) mass is 296 g/mol. The minimum Gasteiger partial charge on any atom is -0.315 e. The van der Waals surface area contributed by atoms with Gasteiger partial charge in [-0.3, -0.25) is 4.90 Å². The summed E-state index contributed by atoms with van der Waals surface area (Å²) in [6.07, 6.45) is 1.28. The van der Waals surface area contributed by atoms with Crippen LogP contribution in [0.2, 0.25) is 0 Å². The molecule has 0 bridgehead atoms. The van der Waals surface area contributed by atoms with Gasteiger partial charge < -0.3 is 5.32 Å². The Morgan fingerprint density at radius 1 is 1.35 bits per heavy atom. The summed E-state index contributed by atoms with van der Waals surface area (Å²) >= 11 is 3.62. The zero-order valence-corrected chi connectivity index (χ0v) is 12.0. The quantitative estimate of drug-likeness (QED) is 0.859. The first-order valence-electron chi connectivity index (χ1n) is 6.33. The van der Waals surface area contributed by atoms with Gasteiger partial charge in [-0.05, 0) is 31.5 Å². The molecule has 1 fully saturated rings. The third-order valence-corrected chi connectivity index (χ3v) is 4.49. The van der Waals surface area contributed by atoms with Crippen LogP contribution in [0.5, 0.6) is 0 Å². The largest absolute Gasteiger partial charge is 0.315 e. The van der Waals surface area contributed by atoms with Crippen LogP contribution in [0.4, 0.5) is 0 Å². The van der Waals surface area contributed by atoms with E-state index >= 15 is 0 Å². The SMILES string of the molecule is CNC1CN(Cc2ccccc2)CCC1CBr. The number of likely N-dealkylation sites (tertiary alicyclic amines) is 1. The number of nitrogens with zero attached hydrogens (tertiary/aromatic N) is 1. The van der Waals surface area contributed by atoms with Gasteiger partial charge in [0.1, 0.15) is 0 Å². The fraction of sp³-hybridized carbons (Fsp3) is 0.571. The molecular formula is C14H21BrN2. The molecular weight excluding hydrogens is 276 g/mol. The Bertz CT molecular complexity index is 328. The molecule has 0 saturated carbocycles. The smallest absolute Gasteiger partial charge is 0.0234 e. The normalized spacial score (nSPS) is 26.0.